The van der Waals surface area contributed by atoms with Gasteiger partial charge >= 0.3 is 17.9 Å². The minimum atomic E-state index is -0.985. The first-order valence-electron chi connectivity index (χ1n) is 12.7. The molecule has 8 unspecified atom stereocenters. The molecule has 2 spiro atoms. The number of hydrogen-bond acceptors (Lipinski definition) is 8. The van der Waals surface area contributed by atoms with Gasteiger partial charge in [0.1, 0.15) is 29.5 Å². The minimum absolute atomic E-state index is 0.120. The van der Waals surface area contributed by atoms with Gasteiger partial charge in [-0.1, -0.05) is 34.1 Å². The van der Waals surface area contributed by atoms with Crippen LogP contribution in [0, 0.1) is 22.7 Å². The first kappa shape index (κ1) is 24.0. The number of esters is 3. The van der Waals surface area contributed by atoms with E-state index in [2.05, 4.69) is 13.8 Å². The predicted molar refractivity (Wildman–Crippen MR) is 120 cm³/mol. The van der Waals surface area contributed by atoms with Crippen molar-refractivity contribution in [1.29, 1.82) is 0 Å². The van der Waals surface area contributed by atoms with Crippen LogP contribution in [0.4, 0.5) is 0 Å². The summed E-state index contributed by atoms with van der Waals surface area (Å²) in [6.07, 6.45) is 2.94. The minimum Gasteiger partial charge on any atom is -0.463 e. The molecule has 0 amide bonds. The lowest BCUT2D eigenvalue weighted by atomic mass is 9.40. The quantitative estimate of drug-likeness (QED) is 0.346. The molecule has 0 radical (unpaired) electrons. The lowest BCUT2D eigenvalue weighted by Gasteiger charge is -2.70. The van der Waals surface area contributed by atoms with Gasteiger partial charge in [-0.2, -0.15) is 0 Å². The van der Waals surface area contributed by atoms with E-state index in [9.17, 15) is 14.4 Å². The number of epoxide rings is 1. The van der Waals surface area contributed by atoms with Gasteiger partial charge in [0, 0.05) is 17.8 Å². The van der Waals surface area contributed by atoms with E-state index in [4.69, 9.17) is 23.7 Å². The van der Waals surface area contributed by atoms with Crippen molar-refractivity contribution in [3.8, 4) is 0 Å². The average Bonchev–Trinajstić information content (AvgIpc) is 3.45. The molecule has 0 N–H and O–H groups in total. The molecular formula is C26H38O8. The van der Waals surface area contributed by atoms with Crippen molar-refractivity contribution in [2.75, 3.05) is 13.2 Å². The molecule has 3 saturated heterocycles. The second kappa shape index (κ2) is 7.42. The molecule has 0 bridgehead atoms. The highest BCUT2D eigenvalue weighted by Gasteiger charge is 2.80. The maximum absolute atomic E-state index is 13.0. The summed E-state index contributed by atoms with van der Waals surface area (Å²) in [7, 11) is 0. The lowest BCUT2D eigenvalue weighted by molar-refractivity contribution is -0.355. The van der Waals surface area contributed by atoms with Gasteiger partial charge in [0.2, 0.25) is 0 Å². The van der Waals surface area contributed by atoms with Crippen LogP contribution >= 0.6 is 0 Å². The van der Waals surface area contributed by atoms with E-state index in [0.29, 0.717) is 13.0 Å². The Labute approximate surface area is 201 Å². The molecule has 3 aliphatic heterocycles. The van der Waals surface area contributed by atoms with Crippen LogP contribution < -0.4 is 0 Å². The first-order chi connectivity index (χ1) is 15.8. The normalized spacial score (nSPS) is 49.4. The molecule has 8 nitrogen and oxygen atoms in total. The van der Waals surface area contributed by atoms with Crippen LogP contribution in [0.3, 0.4) is 0 Å². The number of carbonyl (C=O) groups excluding carboxylic acids is 3. The van der Waals surface area contributed by atoms with Crippen molar-refractivity contribution < 1.29 is 38.1 Å². The summed E-state index contributed by atoms with van der Waals surface area (Å²) in [5.41, 5.74) is -3.07. The van der Waals surface area contributed by atoms with E-state index in [1.54, 1.807) is 13.8 Å². The monoisotopic (exact) mass is 478 g/mol. The molecule has 0 aromatic carbocycles. The first-order valence-corrected chi connectivity index (χ1v) is 12.7. The molecule has 0 aromatic heterocycles. The number of rotatable bonds is 3. The van der Waals surface area contributed by atoms with E-state index in [0.717, 1.165) is 25.7 Å². The average molecular weight is 479 g/mol. The van der Waals surface area contributed by atoms with E-state index in [-0.39, 0.29) is 36.8 Å². The number of carbonyl (C=O) groups is 3. The predicted octanol–water partition coefficient (Wildman–Crippen LogP) is 3.34. The summed E-state index contributed by atoms with van der Waals surface area (Å²) in [6, 6.07) is 0. The Kier molecular flexibility index (Phi) is 5.25. The molecule has 5 fully saturated rings. The third kappa shape index (κ3) is 3.06. The van der Waals surface area contributed by atoms with Gasteiger partial charge in [-0.05, 0) is 38.5 Å². The molecule has 5 aliphatic rings. The van der Waals surface area contributed by atoms with E-state index < -0.39 is 45.8 Å². The van der Waals surface area contributed by atoms with Gasteiger partial charge < -0.3 is 23.7 Å². The molecule has 8 heteroatoms. The van der Waals surface area contributed by atoms with Gasteiger partial charge in [-0.3, -0.25) is 14.4 Å². The van der Waals surface area contributed by atoms with Crippen LogP contribution in [0.1, 0.15) is 80.1 Å². The van der Waals surface area contributed by atoms with Crippen molar-refractivity contribution in [3.63, 3.8) is 0 Å². The molecule has 3 heterocycles. The van der Waals surface area contributed by atoms with Crippen molar-refractivity contribution in [3.05, 3.63) is 0 Å². The summed E-state index contributed by atoms with van der Waals surface area (Å²) in [5, 5.41) is 0. The zero-order valence-electron chi connectivity index (χ0n) is 21.2. The summed E-state index contributed by atoms with van der Waals surface area (Å²) in [5.74, 6) is -1.30. The van der Waals surface area contributed by atoms with E-state index in [1.807, 2.05) is 6.92 Å². The Bertz CT molecular complexity index is 910. The van der Waals surface area contributed by atoms with Gasteiger partial charge in [0.25, 0.3) is 0 Å². The lowest BCUT2D eigenvalue weighted by Crippen LogP contribution is -2.79. The van der Waals surface area contributed by atoms with E-state index >= 15 is 0 Å². The highest BCUT2D eigenvalue weighted by atomic mass is 16.6. The number of hydrogen-bond donors (Lipinski definition) is 0. The molecule has 2 aliphatic carbocycles. The fourth-order valence-electron chi connectivity index (χ4n) is 7.92. The molecule has 0 aromatic rings. The Balaban J connectivity index is 1.67. The highest BCUT2D eigenvalue weighted by molar-refractivity contribution is 5.73. The Morgan fingerprint density at radius 1 is 1.03 bits per heavy atom. The second-order valence-electron chi connectivity index (χ2n) is 12.2. The Hall–Kier alpha value is -1.67. The molecule has 8 atom stereocenters. The fraction of sp³-hybridized carbons (Fsp3) is 0.885. The van der Waals surface area contributed by atoms with Crippen molar-refractivity contribution in [2.45, 2.75) is 109 Å². The van der Waals surface area contributed by atoms with Crippen molar-refractivity contribution >= 4 is 17.9 Å². The zero-order valence-corrected chi connectivity index (χ0v) is 21.2. The smallest absolute Gasteiger partial charge is 0.308 e. The fourth-order valence-corrected chi connectivity index (χ4v) is 7.92. The molecule has 34 heavy (non-hydrogen) atoms. The summed E-state index contributed by atoms with van der Waals surface area (Å²) < 4.78 is 30.8. The summed E-state index contributed by atoms with van der Waals surface area (Å²) in [6.45, 7) is 12.1. The Morgan fingerprint density at radius 2 is 1.74 bits per heavy atom. The second-order valence-corrected chi connectivity index (χ2v) is 12.2. The van der Waals surface area contributed by atoms with Crippen LogP contribution in [-0.2, 0) is 38.1 Å². The molecular weight excluding hydrogens is 440 g/mol. The topological polar surface area (TPSA) is 101 Å². The maximum Gasteiger partial charge on any atom is 0.308 e. The molecule has 5 rings (SSSR count). The SMILES string of the molecule is CC(=O)OC1C(OC(=O)C(C)C)C2(C)OC3(CCC2(C)C2CCCC4(CO4)C12C)COC(=O)C3. The Morgan fingerprint density at radius 3 is 2.29 bits per heavy atom. The number of fused-ring (bicyclic) bond motifs is 4. The van der Waals surface area contributed by atoms with Crippen molar-refractivity contribution in [1.82, 2.24) is 0 Å². The van der Waals surface area contributed by atoms with Crippen LogP contribution in [0.15, 0.2) is 0 Å². The maximum atomic E-state index is 13.0. The van der Waals surface area contributed by atoms with Crippen molar-refractivity contribution in [2.24, 2.45) is 22.7 Å². The third-order valence-electron chi connectivity index (χ3n) is 10.1. The van der Waals surface area contributed by atoms with Gasteiger partial charge in [0.05, 0.1) is 18.9 Å². The van der Waals surface area contributed by atoms with Crippen LogP contribution in [-0.4, -0.2) is 60.1 Å². The van der Waals surface area contributed by atoms with Crippen LogP contribution in [0.5, 0.6) is 0 Å². The van der Waals surface area contributed by atoms with Crippen LogP contribution in [0.25, 0.3) is 0 Å². The highest BCUT2D eigenvalue weighted by Crippen LogP contribution is 2.72. The van der Waals surface area contributed by atoms with Gasteiger partial charge in [0.15, 0.2) is 6.10 Å². The van der Waals surface area contributed by atoms with Gasteiger partial charge in [-0.25, -0.2) is 0 Å². The largest absolute Gasteiger partial charge is 0.463 e. The van der Waals surface area contributed by atoms with Crippen LogP contribution in [0.2, 0.25) is 0 Å². The molecule has 2 saturated carbocycles. The number of ether oxygens (including phenoxy) is 5. The molecule has 190 valence electrons. The zero-order chi connectivity index (χ0) is 24.7. The number of cyclic esters (lactones) is 1. The third-order valence-corrected chi connectivity index (χ3v) is 10.1. The summed E-state index contributed by atoms with van der Waals surface area (Å²) >= 11 is 0. The standard InChI is InChI=1S/C26H38O8/c1-15(2)21(29)33-20-19(32-16(3)27)23(5)17(8-7-9-26(23)14-31-26)22(4)10-11-25(34-24(20,22)6)12-18(28)30-13-25/h15,17,19-20H,7-14H2,1-6H3. The summed E-state index contributed by atoms with van der Waals surface area (Å²) in [4.78, 5) is 37.6. The van der Waals surface area contributed by atoms with E-state index in [1.165, 1.54) is 6.92 Å². The van der Waals surface area contributed by atoms with Gasteiger partial charge in [-0.15, -0.1) is 0 Å².